The van der Waals surface area contributed by atoms with Gasteiger partial charge in [0.05, 0.1) is 21.7 Å². The second-order valence-corrected chi connectivity index (χ2v) is 14.7. The summed E-state index contributed by atoms with van der Waals surface area (Å²) in [7, 11) is -10.4. The maximum Gasteiger partial charge on any atom is 0.244 e. The number of sulfonamides is 3. The van der Waals surface area contributed by atoms with Crippen LogP contribution in [0, 0.1) is 0 Å². The number of nitrogens with one attached hydrogen (secondary N) is 1. The number of amides is 1. The standard InChI is InChI=1S/C25H28N4O7S3/c1-27(37(2,31)32)21-11-9-10-20(18-21)26-25(30)24-19-28(38(33,34)22-12-5-3-6-13-22)16-17-29(24)39(35,36)23-14-7-4-8-15-23/h3-15,18,24H,16-17,19H2,1-2H3,(H,26,30)/t24-/m1/s1. The number of nitrogens with zero attached hydrogens (tertiary/aromatic N) is 3. The van der Waals surface area contributed by atoms with Crippen LogP contribution in [-0.2, 0) is 34.9 Å². The van der Waals surface area contributed by atoms with Crippen molar-refractivity contribution >= 4 is 47.4 Å². The van der Waals surface area contributed by atoms with Gasteiger partial charge in [-0.3, -0.25) is 9.10 Å². The number of benzene rings is 3. The molecule has 1 atom stereocenters. The summed E-state index contributed by atoms with van der Waals surface area (Å²) in [6.07, 6.45) is 1.04. The second kappa shape index (κ2) is 11.1. The van der Waals surface area contributed by atoms with E-state index in [-0.39, 0.29) is 34.3 Å². The third-order valence-corrected chi connectivity index (χ3v) is 11.3. The Labute approximate surface area is 228 Å². The molecule has 14 heteroatoms. The van der Waals surface area contributed by atoms with Crippen molar-refractivity contribution < 1.29 is 30.0 Å². The van der Waals surface area contributed by atoms with E-state index in [1.807, 2.05) is 0 Å². The third kappa shape index (κ3) is 6.15. The molecule has 1 heterocycles. The second-order valence-electron chi connectivity index (χ2n) is 8.89. The van der Waals surface area contributed by atoms with Crippen LogP contribution in [-0.4, -0.2) is 78.8 Å². The molecule has 1 aliphatic heterocycles. The van der Waals surface area contributed by atoms with Gasteiger partial charge in [-0.2, -0.15) is 8.61 Å². The molecule has 1 N–H and O–H groups in total. The molecule has 0 aliphatic carbocycles. The highest BCUT2D eigenvalue weighted by Crippen LogP contribution is 2.27. The Balaban J connectivity index is 1.69. The van der Waals surface area contributed by atoms with E-state index < -0.39 is 48.6 Å². The minimum atomic E-state index is -4.16. The van der Waals surface area contributed by atoms with Crippen molar-refractivity contribution in [2.45, 2.75) is 15.8 Å². The zero-order valence-electron chi connectivity index (χ0n) is 21.2. The summed E-state index contributed by atoms with van der Waals surface area (Å²) in [4.78, 5) is 13.6. The van der Waals surface area contributed by atoms with Gasteiger partial charge in [-0.05, 0) is 42.5 Å². The maximum atomic E-state index is 13.6. The van der Waals surface area contributed by atoms with E-state index >= 15 is 0 Å². The molecule has 1 amide bonds. The zero-order chi connectivity index (χ0) is 28.4. The SMILES string of the molecule is CN(c1cccc(NC(=O)[C@H]2CN(S(=O)(=O)c3ccccc3)CCN2S(=O)(=O)c2ccccc2)c1)S(C)(=O)=O. The number of piperazine rings is 1. The number of carbonyl (C=O) groups is 1. The van der Waals surface area contributed by atoms with Gasteiger partial charge in [0, 0.05) is 32.4 Å². The lowest BCUT2D eigenvalue weighted by molar-refractivity contribution is -0.120. The van der Waals surface area contributed by atoms with Crippen molar-refractivity contribution in [1.82, 2.24) is 8.61 Å². The minimum absolute atomic E-state index is 0.0278. The summed E-state index contributed by atoms with van der Waals surface area (Å²) in [5.41, 5.74) is 0.495. The molecule has 0 saturated carbocycles. The Bertz CT molecular complexity index is 1660. The van der Waals surface area contributed by atoms with Gasteiger partial charge in [0.25, 0.3) is 0 Å². The van der Waals surface area contributed by atoms with Gasteiger partial charge >= 0.3 is 0 Å². The molecule has 11 nitrogen and oxygen atoms in total. The molecule has 0 unspecified atom stereocenters. The van der Waals surface area contributed by atoms with Crippen LogP contribution in [0.1, 0.15) is 0 Å². The Morgan fingerprint density at radius 1 is 0.795 bits per heavy atom. The molecular formula is C25H28N4O7S3. The van der Waals surface area contributed by atoms with Crippen LogP contribution in [0.4, 0.5) is 11.4 Å². The first-order valence-corrected chi connectivity index (χ1v) is 16.5. The van der Waals surface area contributed by atoms with E-state index in [2.05, 4.69) is 5.32 Å². The number of anilines is 2. The molecule has 0 bridgehead atoms. The Morgan fingerprint density at radius 2 is 1.36 bits per heavy atom. The van der Waals surface area contributed by atoms with Crippen LogP contribution in [0.25, 0.3) is 0 Å². The predicted octanol–water partition coefficient (Wildman–Crippen LogP) is 1.78. The zero-order valence-corrected chi connectivity index (χ0v) is 23.7. The first kappa shape index (κ1) is 28.7. The van der Waals surface area contributed by atoms with E-state index in [1.165, 1.54) is 55.6 Å². The van der Waals surface area contributed by atoms with Crippen molar-refractivity contribution in [1.29, 1.82) is 0 Å². The molecule has 3 aromatic carbocycles. The van der Waals surface area contributed by atoms with Crippen molar-refractivity contribution in [3.8, 4) is 0 Å². The highest BCUT2D eigenvalue weighted by atomic mass is 32.2. The quantitative estimate of drug-likeness (QED) is 0.420. The molecule has 0 aromatic heterocycles. The van der Waals surface area contributed by atoms with Crippen molar-refractivity contribution in [3.63, 3.8) is 0 Å². The van der Waals surface area contributed by atoms with E-state index in [1.54, 1.807) is 36.4 Å². The van der Waals surface area contributed by atoms with Gasteiger partial charge in [-0.1, -0.05) is 42.5 Å². The van der Waals surface area contributed by atoms with Gasteiger partial charge in [0.1, 0.15) is 6.04 Å². The Kier molecular flexibility index (Phi) is 8.14. The maximum absolute atomic E-state index is 13.6. The molecule has 1 aliphatic rings. The van der Waals surface area contributed by atoms with E-state index in [9.17, 15) is 30.0 Å². The third-order valence-electron chi connectivity index (χ3n) is 6.30. The fourth-order valence-corrected chi connectivity index (χ4v) is 7.67. The van der Waals surface area contributed by atoms with Crippen molar-refractivity contribution in [2.24, 2.45) is 0 Å². The summed E-state index contributed by atoms with van der Waals surface area (Å²) in [6.45, 7) is -0.821. The fraction of sp³-hybridized carbons (Fsp3) is 0.240. The van der Waals surface area contributed by atoms with Crippen LogP contribution < -0.4 is 9.62 Å². The highest BCUT2D eigenvalue weighted by molar-refractivity contribution is 7.92. The molecule has 39 heavy (non-hydrogen) atoms. The largest absolute Gasteiger partial charge is 0.325 e. The van der Waals surface area contributed by atoms with E-state index in [0.717, 1.165) is 19.2 Å². The highest BCUT2D eigenvalue weighted by Gasteiger charge is 2.43. The lowest BCUT2D eigenvalue weighted by atomic mass is 10.2. The van der Waals surface area contributed by atoms with E-state index in [4.69, 9.17) is 0 Å². The monoisotopic (exact) mass is 592 g/mol. The number of carbonyl (C=O) groups excluding carboxylic acids is 1. The van der Waals surface area contributed by atoms with Crippen LogP contribution in [0.3, 0.4) is 0 Å². The molecule has 1 fully saturated rings. The van der Waals surface area contributed by atoms with Crippen LogP contribution in [0.2, 0.25) is 0 Å². The van der Waals surface area contributed by atoms with Gasteiger partial charge in [-0.15, -0.1) is 0 Å². The molecule has 0 spiro atoms. The molecule has 4 rings (SSSR count). The number of hydrogen-bond acceptors (Lipinski definition) is 7. The molecule has 3 aromatic rings. The van der Waals surface area contributed by atoms with Crippen LogP contribution in [0.15, 0.2) is 94.7 Å². The topological polar surface area (TPSA) is 141 Å². The molecule has 0 radical (unpaired) electrons. The van der Waals surface area contributed by atoms with Crippen LogP contribution >= 0.6 is 0 Å². The number of hydrogen-bond donors (Lipinski definition) is 1. The van der Waals surface area contributed by atoms with E-state index in [0.29, 0.717) is 0 Å². The molecule has 1 saturated heterocycles. The van der Waals surface area contributed by atoms with Gasteiger partial charge in [-0.25, -0.2) is 25.3 Å². The average molecular weight is 593 g/mol. The Hall–Kier alpha value is -3.30. The fourth-order valence-electron chi connectivity index (χ4n) is 4.13. The minimum Gasteiger partial charge on any atom is -0.325 e. The summed E-state index contributed by atoms with van der Waals surface area (Å²) >= 11 is 0. The number of rotatable bonds is 8. The molecule has 208 valence electrons. The lowest BCUT2D eigenvalue weighted by Gasteiger charge is -2.39. The van der Waals surface area contributed by atoms with Crippen LogP contribution in [0.5, 0.6) is 0 Å². The summed E-state index contributed by atoms with van der Waals surface area (Å²) in [6, 6.07) is 19.9. The lowest BCUT2D eigenvalue weighted by Crippen LogP contribution is -2.60. The predicted molar refractivity (Wildman–Crippen MR) is 148 cm³/mol. The molecular weight excluding hydrogens is 564 g/mol. The smallest absolute Gasteiger partial charge is 0.244 e. The summed E-state index contributed by atoms with van der Waals surface area (Å²) < 4.78 is 80.7. The van der Waals surface area contributed by atoms with Gasteiger partial charge in [0.15, 0.2) is 0 Å². The first-order chi connectivity index (χ1) is 18.3. The summed E-state index contributed by atoms with van der Waals surface area (Å²) in [5, 5.41) is 2.64. The Morgan fingerprint density at radius 3 is 1.92 bits per heavy atom. The van der Waals surface area contributed by atoms with Gasteiger partial charge in [0.2, 0.25) is 36.0 Å². The van der Waals surface area contributed by atoms with Gasteiger partial charge < -0.3 is 5.32 Å². The van der Waals surface area contributed by atoms with Crippen molar-refractivity contribution in [2.75, 3.05) is 42.6 Å². The first-order valence-electron chi connectivity index (χ1n) is 11.8. The summed E-state index contributed by atoms with van der Waals surface area (Å²) in [5.74, 6) is -0.762. The van der Waals surface area contributed by atoms with Crippen molar-refractivity contribution in [3.05, 3.63) is 84.9 Å². The normalized spacial score (nSPS) is 17.4. The average Bonchev–Trinajstić information content (AvgIpc) is 2.93.